The number of hydrogen-bond acceptors (Lipinski definition) is 5. The van der Waals surface area contributed by atoms with Crippen LogP contribution in [0.5, 0.6) is 11.5 Å². The molecule has 0 atom stereocenters. The summed E-state index contributed by atoms with van der Waals surface area (Å²) in [6.45, 7) is 3.78. The molecule has 1 aromatic heterocycles. The summed E-state index contributed by atoms with van der Waals surface area (Å²) >= 11 is 0. The molecule has 1 heterocycles. The Hall–Kier alpha value is -2.50. The van der Waals surface area contributed by atoms with Gasteiger partial charge in [-0.15, -0.1) is 0 Å². The van der Waals surface area contributed by atoms with Crippen LogP contribution in [-0.4, -0.2) is 29.4 Å². The lowest BCUT2D eigenvalue weighted by Crippen LogP contribution is -2.07. The van der Waals surface area contributed by atoms with Crippen LogP contribution in [0.3, 0.4) is 0 Å². The fraction of sp³-hybridized carbons (Fsp3) is 0.286. The van der Waals surface area contributed by atoms with E-state index < -0.39 is 5.97 Å². The van der Waals surface area contributed by atoms with Crippen LogP contribution in [0.15, 0.2) is 28.8 Å². The maximum absolute atomic E-state index is 10.8. The molecular formula is C14H15NO5. The summed E-state index contributed by atoms with van der Waals surface area (Å²) < 4.78 is 15.8. The average Bonchev–Trinajstić information content (AvgIpc) is 2.88. The fourth-order valence-electron chi connectivity index (χ4n) is 1.74. The summed E-state index contributed by atoms with van der Waals surface area (Å²) in [7, 11) is 1.54. The highest BCUT2D eigenvalue weighted by molar-refractivity contribution is 5.86. The minimum Gasteiger partial charge on any atom is -0.493 e. The molecule has 0 aliphatic carbocycles. The van der Waals surface area contributed by atoms with Crippen LogP contribution >= 0.6 is 0 Å². The lowest BCUT2D eigenvalue weighted by molar-refractivity contribution is 0.0652. The van der Waals surface area contributed by atoms with Gasteiger partial charge >= 0.3 is 5.97 Å². The van der Waals surface area contributed by atoms with E-state index in [4.69, 9.17) is 19.1 Å². The Balaban J connectivity index is 2.51. The van der Waals surface area contributed by atoms with E-state index in [0.29, 0.717) is 22.8 Å². The molecule has 20 heavy (non-hydrogen) atoms. The molecule has 0 fully saturated rings. The number of carboxylic acids is 1. The summed E-state index contributed by atoms with van der Waals surface area (Å²) in [6, 6.07) is 6.66. The van der Waals surface area contributed by atoms with Crippen molar-refractivity contribution >= 4 is 5.97 Å². The highest BCUT2D eigenvalue weighted by Gasteiger charge is 2.19. The Morgan fingerprint density at radius 1 is 1.40 bits per heavy atom. The number of methoxy groups -OCH3 is 1. The predicted octanol–water partition coefficient (Wildman–Crippen LogP) is 2.84. The lowest BCUT2D eigenvalue weighted by Gasteiger charge is -2.16. The number of nitrogens with zero attached hydrogens (tertiary/aromatic N) is 1. The van der Waals surface area contributed by atoms with Crippen LogP contribution in [-0.2, 0) is 0 Å². The molecule has 6 heteroatoms. The van der Waals surface area contributed by atoms with Crippen LogP contribution in [0.4, 0.5) is 0 Å². The number of para-hydroxylation sites is 1. The maximum atomic E-state index is 10.8. The van der Waals surface area contributed by atoms with Gasteiger partial charge in [0, 0.05) is 11.6 Å². The Labute approximate surface area is 115 Å². The van der Waals surface area contributed by atoms with Crippen LogP contribution in [0.2, 0.25) is 0 Å². The molecule has 6 nitrogen and oxygen atoms in total. The zero-order chi connectivity index (χ0) is 14.7. The van der Waals surface area contributed by atoms with Gasteiger partial charge in [-0.05, 0) is 26.0 Å². The minimum absolute atomic E-state index is 0.0594. The van der Waals surface area contributed by atoms with Gasteiger partial charge in [0.15, 0.2) is 11.5 Å². The van der Waals surface area contributed by atoms with Crippen molar-refractivity contribution in [3.8, 4) is 22.8 Å². The number of carboxylic acid groups (broad SMARTS) is 1. The molecule has 2 rings (SSSR count). The summed E-state index contributed by atoms with van der Waals surface area (Å²) in [4.78, 5) is 10.8. The number of carbonyl (C=O) groups is 1. The second kappa shape index (κ2) is 5.64. The third kappa shape index (κ3) is 2.74. The smallest absolute Gasteiger partial charge is 0.374 e. The Morgan fingerprint density at radius 2 is 2.15 bits per heavy atom. The number of rotatable bonds is 5. The second-order valence-electron chi connectivity index (χ2n) is 4.39. The highest BCUT2D eigenvalue weighted by atomic mass is 16.5. The van der Waals surface area contributed by atoms with E-state index in [0.717, 1.165) is 0 Å². The molecule has 0 aliphatic rings. The lowest BCUT2D eigenvalue weighted by atomic mass is 10.1. The molecule has 2 aromatic rings. The SMILES string of the molecule is COc1cccc(-c2cc(C(=O)O)on2)c1OC(C)C. The van der Waals surface area contributed by atoms with Crippen LogP contribution in [0.1, 0.15) is 24.4 Å². The van der Waals surface area contributed by atoms with Crippen LogP contribution < -0.4 is 9.47 Å². The van der Waals surface area contributed by atoms with Gasteiger partial charge < -0.3 is 19.1 Å². The topological polar surface area (TPSA) is 81.8 Å². The number of benzene rings is 1. The van der Waals surface area contributed by atoms with Crippen LogP contribution in [0, 0.1) is 0 Å². The Bertz CT molecular complexity index is 618. The first-order chi connectivity index (χ1) is 9.52. The molecule has 0 saturated heterocycles. The van der Waals surface area contributed by atoms with Gasteiger partial charge in [0.1, 0.15) is 5.69 Å². The second-order valence-corrected chi connectivity index (χ2v) is 4.39. The van der Waals surface area contributed by atoms with Gasteiger partial charge in [-0.1, -0.05) is 11.2 Å². The number of hydrogen-bond donors (Lipinski definition) is 1. The van der Waals surface area contributed by atoms with Crippen LogP contribution in [0.25, 0.3) is 11.3 Å². The van der Waals surface area contributed by atoms with E-state index in [1.54, 1.807) is 18.2 Å². The van der Waals surface area contributed by atoms with Crippen molar-refractivity contribution in [1.82, 2.24) is 5.16 Å². The molecule has 0 radical (unpaired) electrons. The van der Waals surface area contributed by atoms with Crippen molar-refractivity contribution in [2.45, 2.75) is 20.0 Å². The molecule has 0 unspecified atom stereocenters. The number of aromatic carboxylic acids is 1. The van der Waals surface area contributed by atoms with Crippen molar-refractivity contribution in [3.05, 3.63) is 30.0 Å². The maximum Gasteiger partial charge on any atom is 0.374 e. The van der Waals surface area contributed by atoms with Crippen molar-refractivity contribution in [2.75, 3.05) is 7.11 Å². The van der Waals surface area contributed by atoms with E-state index in [1.807, 2.05) is 13.8 Å². The molecule has 0 bridgehead atoms. The third-order valence-corrected chi connectivity index (χ3v) is 2.55. The first-order valence-corrected chi connectivity index (χ1v) is 6.07. The van der Waals surface area contributed by atoms with Crippen molar-refractivity contribution in [2.24, 2.45) is 0 Å². The average molecular weight is 277 g/mol. The first kappa shape index (κ1) is 13.9. The molecule has 106 valence electrons. The van der Waals surface area contributed by atoms with Gasteiger partial charge in [0.2, 0.25) is 5.76 Å². The molecule has 0 saturated carbocycles. The highest BCUT2D eigenvalue weighted by Crippen LogP contribution is 2.38. The number of aromatic nitrogens is 1. The zero-order valence-electron chi connectivity index (χ0n) is 11.4. The van der Waals surface area contributed by atoms with E-state index in [-0.39, 0.29) is 11.9 Å². The number of ether oxygens (including phenoxy) is 2. The standard InChI is InChI=1S/C14H15NO5/c1-8(2)19-13-9(5-4-6-11(13)18-3)10-7-12(14(16)17)20-15-10/h4-8H,1-3H3,(H,16,17). The fourth-order valence-corrected chi connectivity index (χ4v) is 1.74. The monoisotopic (exact) mass is 277 g/mol. The van der Waals surface area contributed by atoms with E-state index in [1.165, 1.54) is 13.2 Å². The van der Waals surface area contributed by atoms with E-state index >= 15 is 0 Å². The zero-order valence-corrected chi connectivity index (χ0v) is 11.4. The van der Waals surface area contributed by atoms with E-state index in [9.17, 15) is 4.79 Å². The Morgan fingerprint density at radius 3 is 2.70 bits per heavy atom. The summed E-state index contributed by atoms with van der Waals surface area (Å²) in [5.41, 5.74) is 1.01. The van der Waals surface area contributed by atoms with Gasteiger partial charge in [0.05, 0.1) is 13.2 Å². The van der Waals surface area contributed by atoms with Crippen molar-refractivity contribution < 1.29 is 23.9 Å². The van der Waals surface area contributed by atoms with Crippen molar-refractivity contribution in [1.29, 1.82) is 0 Å². The first-order valence-electron chi connectivity index (χ1n) is 6.07. The summed E-state index contributed by atoms with van der Waals surface area (Å²) in [6.07, 6.45) is -0.0594. The third-order valence-electron chi connectivity index (χ3n) is 2.55. The molecular weight excluding hydrogens is 262 g/mol. The normalized spacial score (nSPS) is 10.6. The Kier molecular flexibility index (Phi) is 3.93. The molecule has 0 aliphatic heterocycles. The molecule has 1 aromatic carbocycles. The van der Waals surface area contributed by atoms with Gasteiger partial charge in [-0.3, -0.25) is 0 Å². The summed E-state index contributed by atoms with van der Waals surface area (Å²) in [5, 5.41) is 12.6. The molecule has 0 spiro atoms. The van der Waals surface area contributed by atoms with Gasteiger partial charge in [-0.25, -0.2) is 4.79 Å². The van der Waals surface area contributed by atoms with Gasteiger partial charge in [0.25, 0.3) is 0 Å². The van der Waals surface area contributed by atoms with Crippen molar-refractivity contribution in [3.63, 3.8) is 0 Å². The minimum atomic E-state index is -1.17. The molecule has 1 N–H and O–H groups in total. The molecule has 0 amide bonds. The largest absolute Gasteiger partial charge is 0.493 e. The quantitative estimate of drug-likeness (QED) is 0.905. The van der Waals surface area contributed by atoms with Gasteiger partial charge in [-0.2, -0.15) is 0 Å². The predicted molar refractivity (Wildman–Crippen MR) is 71.2 cm³/mol. The summed E-state index contributed by atoms with van der Waals surface area (Å²) in [5.74, 6) is -0.331. The van der Waals surface area contributed by atoms with E-state index in [2.05, 4.69) is 5.16 Å².